The Hall–Kier alpha value is -2.72. The molecule has 10 heteroatoms. The van der Waals surface area contributed by atoms with Crippen molar-refractivity contribution in [2.45, 2.75) is 76.5 Å². The lowest BCUT2D eigenvalue weighted by atomic mass is 9.88. The quantitative estimate of drug-likeness (QED) is 0.206. The molecule has 0 aromatic heterocycles. The van der Waals surface area contributed by atoms with Gasteiger partial charge in [0.25, 0.3) is 11.8 Å². The van der Waals surface area contributed by atoms with Crippen LogP contribution in [0.4, 0.5) is 0 Å². The minimum Gasteiger partial charge on any atom is -0.416 e. The molecule has 3 aromatic rings. The fourth-order valence-electron chi connectivity index (χ4n) is 5.81. The Labute approximate surface area is 289 Å². The van der Waals surface area contributed by atoms with Crippen molar-refractivity contribution in [3.05, 3.63) is 105 Å². The molecule has 7 nitrogen and oxygen atoms in total. The highest BCUT2D eigenvalue weighted by Crippen LogP contribution is 2.53. The van der Waals surface area contributed by atoms with Crippen molar-refractivity contribution < 1.29 is 23.9 Å². The molecule has 0 spiro atoms. The highest BCUT2D eigenvalue weighted by atomic mass is 35.5. The maximum atomic E-state index is 14.6. The first-order valence-electron chi connectivity index (χ1n) is 16.0. The van der Waals surface area contributed by atoms with Crippen LogP contribution in [-0.4, -0.2) is 62.3 Å². The number of hydrogen-bond donors (Lipinski definition) is 1. The summed E-state index contributed by atoms with van der Waals surface area (Å²) in [4.78, 5) is 30.7. The van der Waals surface area contributed by atoms with Crippen LogP contribution in [0.15, 0.2) is 66.7 Å². The minimum absolute atomic E-state index is 0.0769. The number of fused-ring (bicyclic) bond motifs is 1. The molecule has 1 unspecified atom stereocenters. The van der Waals surface area contributed by atoms with E-state index in [0.717, 1.165) is 24.0 Å². The van der Waals surface area contributed by atoms with Crippen LogP contribution in [0.1, 0.15) is 73.1 Å². The first-order valence-corrected chi connectivity index (χ1v) is 19.7. The number of carbonyl (C=O) groups excluding carboxylic acids is 2. The standard InChI is InChI=1S/C37H46Cl2N2O5Si/c1-34(2,3)47(7,8)46-24-36(19-20-36)23-45-37(26-11-16-29(39)17-12-26)31-18-13-27(35(4,44)33(43)40(5)6)21-30(31)32(42)41(37)22-25-9-14-28(38)15-10-25/h9-18,21,44H,19-20,22-24H2,1-8H3/t35?,37-/m1/s1. The largest absolute Gasteiger partial charge is 0.416 e. The van der Waals surface area contributed by atoms with Gasteiger partial charge in [-0.15, -0.1) is 0 Å². The van der Waals surface area contributed by atoms with Crippen LogP contribution >= 0.6 is 23.2 Å². The monoisotopic (exact) mass is 696 g/mol. The molecule has 0 saturated heterocycles. The van der Waals surface area contributed by atoms with Gasteiger partial charge in [-0.1, -0.05) is 80.4 Å². The van der Waals surface area contributed by atoms with E-state index in [1.54, 1.807) is 55.4 Å². The Morgan fingerprint density at radius 2 is 1.51 bits per heavy atom. The molecular formula is C37H46Cl2N2O5Si. The molecule has 1 N–H and O–H groups in total. The first kappa shape index (κ1) is 35.6. The average molecular weight is 698 g/mol. The number of benzene rings is 3. The van der Waals surface area contributed by atoms with Crippen molar-refractivity contribution >= 4 is 43.3 Å². The van der Waals surface area contributed by atoms with Gasteiger partial charge in [0.1, 0.15) is 0 Å². The maximum Gasteiger partial charge on any atom is 0.258 e. The smallest absolute Gasteiger partial charge is 0.258 e. The average Bonchev–Trinajstić information content (AvgIpc) is 3.75. The SMILES string of the molecule is CN(C)C(=O)C(C)(O)c1ccc2c(c1)C(=O)N(Cc1ccc(Cl)cc1)[C@@]2(OCC1(CO[Si](C)(C)C(C)(C)C)CC1)c1ccc(Cl)cc1. The normalized spacial score (nSPS) is 20.1. The predicted octanol–water partition coefficient (Wildman–Crippen LogP) is 7.96. The minimum atomic E-state index is -2.00. The lowest BCUT2D eigenvalue weighted by Gasteiger charge is -2.41. The Kier molecular flexibility index (Phi) is 9.56. The highest BCUT2D eigenvalue weighted by molar-refractivity contribution is 6.74. The van der Waals surface area contributed by atoms with Crippen LogP contribution in [0.5, 0.6) is 0 Å². The van der Waals surface area contributed by atoms with E-state index < -0.39 is 25.6 Å². The van der Waals surface area contributed by atoms with E-state index in [2.05, 4.69) is 33.9 Å². The zero-order valence-corrected chi connectivity index (χ0v) is 31.1. The number of rotatable bonds is 11. The Balaban J connectivity index is 1.63. The van der Waals surface area contributed by atoms with E-state index in [1.807, 2.05) is 30.3 Å². The summed E-state index contributed by atoms with van der Waals surface area (Å²) < 4.78 is 13.8. The number of ether oxygens (including phenoxy) is 1. The van der Waals surface area contributed by atoms with Crippen LogP contribution < -0.4 is 0 Å². The van der Waals surface area contributed by atoms with Crippen molar-refractivity contribution in [1.82, 2.24) is 9.80 Å². The Morgan fingerprint density at radius 3 is 2.04 bits per heavy atom. The van der Waals surface area contributed by atoms with E-state index in [4.69, 9.17) is 32.4 Å². The van der Waals surface area contributed by atoms with Crippen molar-refractivity contribution in [3.63, 3.8) is 0 Å². The van der Waals surface area contributed by atoms with Gasteiger partial charge in [0, 0.05) is 59.4 Å². The first-order chi connectivity index (χ1) is 21.8. The van der Waals surface area contributed by atoms with Crippen molar-refractivity contribution in [2.24, 2.45) is 5.41 Å². The molecule has 3 aromatic carbocycles. The summed E-state index contributed by atoms with van der Waals surface area (Å²) in [5, 5.41) is 12.6. The van der Waals surface area contributed by atoms with E-state index in [-0.39, 0.29) is 22.9 Å². The van der Waals surface area contributed by atoms with Gasteiger partial charge in [0.2, 0.25) is 0 Å². The third kappa shape index (κ3) is 6.78. The summed E-state index contributed by atoms with van der Waals surface area (Å²) in [5.74, 6) is -0.763. The summed E-state index contributed by atoms with van der Waals surface area (Å²) in [7, 11) is 1.17. The molecule has 1 aliphatic heterocycles. The van der Waals surface area contributed by atoms with Gasteiger partial charge in [0.05, 0.1) is 6.61 Å². The number of hydrogen-bond acceptors (Lipinski definition) is 5. The van der Waals surface area contributed by atoms with Crippen molar-refractivity contribution in [2.75, 3.05) is 27.3 Å². The lowest BCUT2D eigenvalue weighted by Crippen LogP contribution is -2.48. The molecule has 2 atom stereocenters. The fourth-order valence-corrected chi connectivity index (χ4v) is 7.16. The number of halogens is 2. The number of amides is 2. The predicted molar refractivity (Wildman–Crippen MR) is 189 cm³/mol. The van der Waals surface area contributed by atoms with E-state index >= 15 is 0 Å². The van der Waals surface area contributed by atoms with Crippen LogP contribution in [0, 0.1) is 5.41 Å². The van der Waals surface area contributed by atoms with Crippen LogP contribution in [0.25, 0.3) is 0 Å². The number of aliphatic hydroxyl groups is 1. The van der Waals surface area contributed by atoms with Crippen molar-refractivity contribution in [3.8, 4) is 0 Å². The molecular weight excluding hydrogens is 651 g/mol. The van der Waals surface area contributed by atoms with E-state index in [9.17, 15) is 14.7 Å². The van der Waals surface area contributed by atoms with Crippen LogP contribution in [0.2, 0.25) is 28.2 Å². The molecule has 47 heavy (non-hydrogen) atoms. The van der Waals surface area contributed by atoms with Gasteiger partial charge in [-0.2, -0.15) is 0 Å². The molecule has 1 fully saturated rings. The van der Waals surface area contributed by atoms with Gasteiger partial charge in [0.15, 0.2) is 19.6 Å². The molecule has 0 radical (unpaired) electrons. The molecule has 1 saturated carbocycles. The third-order valence-electron chi connectivity index (χ3n) is 10.2. The van der Waals surface area contributed by atoms with Crippen molar-refractivity contribution in [1.29, 1.82) is 0 Å². The summed E-state index contributed by atoms with van der Waals surface area (Å²) in [6.07, 6.45) is 1.93. The van der Waals surface area contributed by atoms with E-state index in [0.29, 0.717) is 39.9 Å². The second kappa shape index (κ2) is 12.6. The number of carbonyl (C=O) groups is 2. The molecule has 2 aliphatic rings. The molecule has 252 valence electrons. The topological polar surface area (TPSA) is 79.3 Å². The Bertz CT molecular complexity index is 1650. The zero-order valence-electron chi connectivity index (χ0n) is 28.6. The van der Waals surface area contributed by atoms with Gasteiger partial charge in [-0.3, -0.25) is 14.5 Å². The van der Waals surface area contributed by atoms with Crippen LogP contribution in [-0.2, 0) is 31.8 Å². The fraction of sp³-hybridized carbons (Fsp3) is 0.459. The summed E-state index contributed by atoms with van der Waals surface area (Å²) in [6, 6.07) is 19.9. The van der Waals surface area contributed by atoms with Gasteiger partial charge in [-0.05, 0) is 79.4 Å². The van der Waals surface area contributed by atoms with Gasteiger partial charge >= 0.3 is 0 Å². The van der Waals surface area contributed by atoms with Gasteiger partial charge in [-0.25, -0.2) is 0 Å². The second-order valence-electron chi connectivity index (χ2n) is 15.0. The Morgan fingerprint density at radius 1 is 0.936 bits per heavy atom. The number of nitrogens with zero attached hydrogens (tertiary/aromatic N) is 2. The molecule has 2 amide bonds. The van der Waals surface area contributed by atoms with E-state index in [1.165, 1.54) is 11.8 Å². The second-order valence-corrected chi connectivity index (χ2v) is 20.7. The molecule has 0 bridgehead atoms. The third-order valence-corrected chi connectivity index (χ3v) is 15.2. The molecule has 1 heterocycles. The molecule has 1 aliphatic carbocycles. The summed E-state index contributed by atoms with van der Waals surface area (Å²) in [6.45, 7) is 13.8. The van der Waals surface area contributed by atoms with Crippen LogP contribution in [0.3, 0.4) is 0 Å². The zero-order chi connectivity index (χ0) is 34.6. The summed E-state index contributed by atoms with van der Waals surface area (Å²) in [5.41, 5.74) is -0.401. The number of likely N-dealkylation sites (N-methyl/N-ethyl adjacent to an activating group) is 1. The summed E-state index contributed by atoms with van der Waals surface area (Å²) >= 11 is 12.6. The molecule has 5 rings (SSSR count). The lowest BCUT2D eigenvalue weighted by molar-refractivity contribution is -0.147. The highest BCUT2D eigenvalue weighted by Gasteiger charge is 2.56. The van der Waals surface area contributed by atoms with Gasteiger partial charge < -0.3 is 19.2 Å². The maximum absolute atomic E-state index is 14.6.